The molecule has 0 aromatic heterocycles. The Morgan fingerprint density at radius 1 is 1.38 bits per heavy atom. The maximum Gasteiger partial charge on any atom is 0.326 e. The largest absolute Gasteiger partial charge is 0.480 e. The highest BCUT2D eigenvalue weighted by molar-refractivity contribution is 9.10. The lowest BCUT2D eigenvalue weighted by atomic mass is 10.1. The summed E-state index contributed by atoms with van der Waals surface area (Å²) in [5, 5.41) is 11.5. The molecule has 0 aliphatic heterocycles. The second-order valence-electron chi connectivity index (χ2n) is 4.42. The van der Waals surface area contributed by atoms with Crippen molar-refractivity contribution in [2.45, 2.75) is 18.9 Å². The molecule has 0 spiro atoms. The zero-order valence-corrected chi connectivity index (χ0v) is 13.3. The Bertz CT molecular complexity index is 499. The van der Waals surface area contributed by atoms with Gasteiger partial charge in [0.1, 0.15) is 6.04 Å². The van der Waals surface area contributed by atoms with Crippen LogP contribution in [0.2, 0.25) is 0 Å². The second kappa shape index (κ2) is 9.31. The number of aliphatic carboxylic acids is 1. The van der Waals surface area contributed by atoms with E-state index >= 15 is 0 Å². The number of rotatable bonds is 8. The van der Waals surface area contributed by atoms with Crippen LogP contribution < -0.4 is 5.32 Å². The summed E-state index contributed by atoms with van der Waals surface area (Å²) in [4.78, 5) is 22.8. The smallest absolute Gasteiger partial charge is 0.326 e. The minimum atomic E-state index is -1.04. The van der Waals surface area contributed by atoms with Crippen molar-refractivity contribution in [1.29, 1.82) is 0 Å². The average molecular weight is 356 g/mol. The molecule has 1 aromatic carbocycles. The maximum absolute atomic E-state index is 11.7. The highest BCUT2D eigenvalue weighted by Gasteiger charge is 2.18. The Hall–Kier alpha value is -1.66. The van der Waals surface area contributed by atoms with Crippen LogP contribution in [0.1, 0.15) is 18.4 Å². The van der Waals surface area contributed by atoms with Crippen molar-refractivity contribution in [3.05, 3.63) is 40.4 Å². The molecule has 114 valence electrons. The number of ether oxygens (including phenoxy) is 1. The number of carboxylic acids is 1. The van der Waals surface area contributed by atoms with Gasteiger partial charge in [-0.15, -0.1) is 0 Å². The van der Waals surface area contributed by atoms with E-state index in [-0.39, 0.29) is 0 Å². The van der Waals surface area contributed by atoms with Crippen LogP contribution in [0.5, 0.6) is 0 Å². The van der Waals surface area contributed by atoms with Crippen molar-refractivity contribution < 1.29 is 19.4 Å². The summed E-state index contributed by atoms with van der Waals surface area (Å²) in [5.41, 5.74) is 0.861. The Kier molecular flexibility index (Phi) is 7.71. The minimum Gasteiger partial charge on any atom is -0.480 e. The van der Waals surface area contributed by atoms with E-state index < -0.39 is 17.9 Å². The van der Waals surface area contributed by atoms with Crippen LogP contribution in [0.15, 0.2) is 34.8 Å². The molecule has 21 heavy (non-hydrogen) atoms. The quantitative estimate of drug-likeness (QED) is 0.554. The van der Waals surface area contributed by atoms with Crippen LogP contribution in [-0.2, 0) is 14.3 Å². The van der Waals surface area contributed by atoms with E-state index in [1.54, 1.807) is 13.2 Å². The highest BCUT2D eigenvalue weighted by atomic mass is 79.9. The van der Waals surface area contributed by atoms with Gasteiger partial charge < -0.3 is 15.2 Å². The molecule has 1 unspecified atom stereocenters. The third kappa shape index (κ3) is 7.06. The Morgan fingerprint density at radius 3 is 2.62 bits per heavy atom. The molecule has 0 fully saturated rings. The zero-order chi connectivity index (χ0) is 15.7. The molecule has 6 heteroatoms. The van der Waals surface area contributed by atoms with Crippen LogP contribution in [0.25, 0.3) is 6.08 Å². The highest BCUT2D eigenvalue weighted by Crippen LogP contribution is 2.11. The fourth-order valence-electron chi connectivity index (χ4n) is 1.65. The lowest BCUT2D eigenvalue weighted by molar-refractivity contribution is -0.141. The molecule has 0 radical (unpaired) electrons. The number of methoxy groups -OCH3 is 1. The molecular formula is C15H18BrNO4. The summed E-state index contributed by atoms with van der Waals surface area (Å²) in [5.74, 6) is -1.47. The predicted octanol–water partition coefficient (Wildman–Crippen LogP) is 2.46. The Labute approximate surface area is 132 Å². The summed E-state index contributed by atoms with van der Waals surface area (Å²) < 4.78 is 5.82. The molecule has 0 saturated carbocycles. The molecular weight excluding hydrogens is 338 g/mol. The molecule has 1 atom stereocenters. The number of amides is 1. The summed E-state index contributed by atoms with van der Waals surface area (Å²) in [6.45, 7) is 0.467. The second-order valence-corrected chi connectivity index (χ2v) is 5.33. The van der Waals surface area contributed by atoms with Gasteiger partial charge in [-0.1, -0.05) is 28.1 Å². The van der Waals surface area contributed by atoms with Crippen molar-refractivity contribution in [2.75, 3.05) is 13.7 Å². The first kappa shape index (κ1) is 17.4. The van der Waals surface area contributed by atoms with Gasteiger partial charge in [0.15, 0.2) is 0 Å². The molecule has 0 aliphatic rings. The van der Waals surface area contributed by atoms with E-state index in [0.717, 1.165) is 10.0 Å². The molecule has 5 nitrogen and oxygen atoms in total. The molecule has 2 N–H and O–H groups in total. The van der Waals surface area contributed by atoms with E-state index in [9.17, 15) is 9.59 Å². The standard InChI is InChI=1S/C15H18BrNO4/c1-21-10-2-3-13(15(19)20)17-14(18)9-6-11-4-7-12(16)8-5-11/h4-9,13H,2-3,10H2,1H3,(H,17,18)(H,19,20)/b9-6+. The SMILES string of the molecule is COCCCC(NC(=O)/C=C/c1ccc(Br)cc1)C(=O)O. The molecule has 0 heterocycles. The van der Waals surface area contributed by atoms with Gasteiger partial charge in [-0.25, -0.2) is 4.79 Å². The number of nitrogens with one attached hydrogen (secondary N) is 1. The third-order valence-corrected chi connectivity index (χ3v) is 3.28. The number of halogens is 1. The van der Waals surface area contributed by atoms with E-state index in [1.807, 2.05) is 24.3 Å². The summed E-state index contributed by atoms with van der Waals surface area (Å²) >= 11 is 3.33. The first-order valence-electron chi connectivity index (χ1n) is 6.49. The van der Waals surface area contributed by atoms with Gasteiger partial charge in [-0.05, 0) is 36.6 Å². The topological polar surface area (TPSA) is 75.6 Å². The fraction of sp³-hybridized carbons (Fsp3) is 0.333. The molecule has 0 saturated heterocycles. The molecule has 1 aromatic rings. The predicted molar refractivity (Wildman–Crippen MR) is 83.9 cm³/mol. The van der Waals surface area contributed by atoms with Gasteiger partial charge in [0.2, 0.25) is 5.91 Å². The number of carbonyl (C=O) groups is 2. The van der Waals surface area contributed by atoms with E-state index in [4.69, 9.17) is 9.84 Å². The first-order valence-corrected chi connectivity index (χ1v) is 7.28. The number of hydrogen-bond donors (Lipinski definition) is 2. The van der Waals surface area contributed by atoms with Crippen LogP contribution in [0.4, 0.5) is 0 Å². The molecule has 0 aliphatic carbocycles. The third-order valence-electron chi connectivity index (χ3n) is 2.75. The average Bonchev–Trinajstić information content (AvgIpc) is 2.45. The maximum atomic E-state index is 11.7. The van der Waals surface area contributed by atoms with Gasteiger partial charge in [0, 0.05) is 24.3 Å². The van der Waals surface area contributed by atoms with Gasteiger partial charge in [0.05, 0.1) is 0 Å². The molecule has 0 bridgehead atoms. The Morgan fingerprint density at radius 2 is 2.05 bits per heavy atom. The van der Waals surface area contributed by atoms with Crippen molar-refractivity contribution in [2.24, 2.45) is 0 Å². The van der Waals surface area contributed by atoms with Gasteiger partial charge in [-0.3, -0.25) is 4.79 Å². The van der Waals surface area contributed by atoms with Crippen molar-refractivity contribution in [3.8, 4) is 0 Å². The van der Waals surface area contributed by atoms with Crippen LogP contribution in [0.3, 0.4) is 0 Å². The zero-order valence-electron chi connectivity index (χ0n) is 11.7. The van der Waals surface area contributed by atoms with E-state index in [2.05, 4.69) is 21.2 Å². The van der Waals surface area contributed by atoms with E-state index in [0.29, 0.717) is 19.4 Å². The van der Waals surface area contributed by atoms with Crippen LogP contribution >= 0.6 is 15.9 Å². The van der Waals surface area contributed by atoms with Gasteiger partial charge in [0.25, 0.3) is 0 Å². The first-order chi connectivity index (χ1) is 10.0. The normalized spacial score (nSPS) is 12.3. The fourth-order valence-corrected chi connectivity index (χ4v) is 1.92. The number of hydrogen-bond acceptors (Lipinski definition) is 3. The molecule has 1 rings (SSSR count). The number of benzene rings is 1. The minimum absolute atomic E-state index is 0.334. The van der Waals surface area contributed by atoms with Crippen LogP contribution in [0, 0.1) is 0 Å². The number of carboxylic acid groups (broad SMARTS) is 1. The summed E-state index contributed by atoms with van der Waals surface area (Å²) in [6, 6.07) is 6.52. The van der Waals surface area contributed by atoms with Crippen LogP contribution in [-0.4, -0.2) is 36.7 Å². The summed E-state index contributed by atoms with van der Waals surface area (Å²) in [7, 11) is 1.55. The monoisotopic (exact) mass is 355 g/mol. The van der Waals surface area contributed by atoms with Crippen molar-refractivity contribution >= 4 is 33.9 Å². The lowest BCUT2D eigenvalue weighted by Gasteiger charge is -2.12. The van der Waals surface area contributed by atoms with Gasteiger partial charge >= 0.3 is 5.97 Å². The molecule has 1 amide bonds. The van der Waals surface area contributed by atoms with Crippen molar-refractivity contribution in [1.82, 2.24) is 5.32 Å². The lowest BCUT2D eigenvalue weighted by Crippen LogP contribution is -2.40. The Balaban J connectivity index is 2.53. The van der Waals surface area contributed by atoms with Gasteiger partial charge in [-0.2, -0.15) is 0 Å². The number of carbonyl (C=O) groups excluding carboxylic acids is 1. The van der Waals surface area contributed by atoms with E-state index in [1.165, 1.54) is 6.08 Å². The summed E-state index contributed by atoms with van der Waals surface area (Å²) in [6.07, 6.45) is 3.87. The van der Waals surface area contributed by atoms with Crippen molar-refractivity contribution in [3.63, 3.8) is 0 Å².